The van der Waals surface area contributed by atoms with Gasteiger partial charge in [-0.2, -0.15) is 13.2 Å². The molecular formula is C21H20F3N5O3S. The summed E-state index contributed by atoms with van der Waals surface area (Å²) < 4.78 is 40.8. The molecule has 0 unspecified atom stereocenters. The summed E-state index contributed by atoms with van der Waals surface area (Å²) in [6.45, 7) is 3.77. The number of carbonyl (C=O) groups excluding carboxylic acids is 1. The smallest absolute Gasteiger partial charge is 0.356 e. The van der Waals surface area contributed by atoms with Crippen LogP contribution >= 0.6 is 11.8 Å². The molecule has 0 atom stereocenters. The minimum Gasteiger partial charge on any atom is -0.356 e. The molecule has 8 nitrogen and oxygen atoms in total. The van der Waals surface area contributed by atoms with Crippen molar-refractivity contribution in [2.45, 2.75) is 42.9 Å². The van der Waals surface area contributed by atoms with Crippen LogP contribution in [0.4, 0.5) is 18.9 Å². The van der Waals surface area contributed by atoms with Crippen LogP contribution in [0.1, 0.15) is 30.3 Å². The normalized spacial score (nSPS) is 11.4. The summed E-state index contributed by atoms with van der Waals surface area (Å²) in [4.78, 5) is 21.7. The van der Waals surface area contributed by atoms with Crippen LogP contribution in [0.2, 0.25) is 0 Å². The summed E-state index contributed by atoms with van der Waals surface area (Å²) in [7, 11) is 0. The molecule has 0 aliphatic carbocycles. The number of rotatable bonds is 8. The van der Waals surface area contributed by atoms with Gasteiger partial charge in [0.15, 0.2) is 0 Å². The van der Waals surface area contributed by atoms with Gasteiger partial charge >= 0.3 is 6.18 Å². The first kappa shape index (κ1) is 24.2. The number of benzene rings is 2. The van der Waals surface area contributed by atoms with Gasteiger partial charge in [-0.05, 0) is 49.4 Å². The molecule has 33 heavy (non-hydrogen) atoms. The summed E-state index contributed by atoms with van der Waals surface area (Å²) in [5.74, 6) is 0.405. The van der Waals surface area contributed by atoms with Crippen LogP contribution in [0.15, 0.2) is 52.5 Å². The first-order chi connectivity index (χ1) is 15.6. The highest BCUT2D eigenvalue weighted by molar-refractivity contribution is 7.99. The highest BCUT2D eigenvalue weighted by Crippen LogP contribution is 2.39. The van der Waals surface area contributed by atoms with Gasteiger partial charge in [-0.15, -0.1) is 10.2 Å². The van der Waals surface area contributed by atoms with Gasteiger partial charge in [0.25, 0.3) is 5.69 Å². The number of halogens is 3. The van der Waals surface area contributed by atoms with Crippen LogP contribution in [0.3, 0.4) is 0 Å². The second-order valence-electron chi connectivity index (χ2n) is 7.20. The number of nitro benzene ring substituents is 1. The quantitative estimate of drug-likeness (QED) is 0.285. The molecule has 1 heterocycles. The third-order valence-corrected chi connectivity index (χ3v) is 5.64. The zero-order chi connectivity index (χ0) is 24.2. The largest absolute Gasteiger partial charge is 0.416 e. The number of nitro groups is 1. The van der Waals surface area contributed by atoms with Gasteiger partial charge in [-0.1, -0.05) is 17.7 Å². The van der Waals surface area contributed by atoms with Gasteiger partial charge in [0, 0.05) is 31.6 Å². The molecule has 0 radical (unpaired) electrons. The molecule has 0 aliphatic rings. The Bertz CT molecular complexity index is 1160. The molecule has 1 aromatic heterocycles. The fourth-order valence-corrected chi connectivity index (χ4v) is 3.97. The number of nitrogens with one attached hydrogen (secondary N) is 1. The van der Waals surface area contributed by atoms with Crippen LogP contribution in [-0.2, 0) is 17.4 Å². The summed E-state index contributed by atoms with van der Waals surface area (Å²) >= 11 is 0.863. The van der Waals surface area contributed by atoms with E-state index in [1.807, 2.05) is 31.2 Å². The van der Waals surface area contributed by atoms with E-state index in [0.29, 0.717) is 37.0 Å². The summed E-state index contributed by atoms with van der Waals surface area (Å²) in [5, 5.41) is 22.8. The van der Waals surface area contributed by atoms with Crippen molar-refractivity contribution in [2.24, 2.45) is 0 Å². The fourth-order valence-electron chi connectivity index (χ4n) is 3.01. The summed E-state index contributed by atoms with van der Waals surface area (Å²) in [6.07, 6.45) is -3.66. The monoisotopic (exact) mass is 479 g/mol. The maximum Gasteiger partial charge on any atom is 0.416 e. The molecule has 0 saturated heterocycles. The van der Waals surface area contributed by atoms with Crippen LogP contribution in [0.25, 0.3) is 5.69 Å². The maximum absolute atomic E-state index is 13.0. The van der Waals surface area contributed by atoms with E-state index in [9.17, 15) is 28.1 Å². The Morgan fingerprint density at radius 1 is 1.18 bits per heavy atom. The Labute approximate surface area is 191 Å². The van der Waals surface area contributed by atoms with Crippen LogP contribution in [0, 0.1) is 17.0 Å². The minimum atomic E-state index is -4.70. The molecule has 12 heteroatoms. The van der Waals surface area contributed by atoms with Gasteiger partial charge in [0.05, 0.1) is 15.4 Å². The van der Waals surface area contributed by atoms with Crippen molar-refractivity contribution in [1.29, 1.82) is 0 Å². The lowest BCUT2D eigenvalue weighted by Gasteiger charge is -2.12. The van der Waals surface area contributed by atoms with Crippen molar-refractivity contribution in [3.63, 3.8) is 0 Å². The molecule has 3 aromatic rings. The average Bonchev–Trinajstić information content (AvgIpc) is 3.13. The van der Waals surface area contributed by atoms with Crippen molar-refractivity contribution in [3.8, 4) is 5.69 Å². The summed E-state index contributed by atoms with van der Waals surface area (Å²) in [6, 6.07) is 9.81. The number of hydrogen-bond donors (Lipinski definition) is 1. The Hall–Kier alpha value is -3.41. The Kier molecular flexibility index (Phi) is 7.36. The predicted octanol–water partition coefficient (Wildman–Crippen LogP) is 4.72. The van der Waals surface area contributed by atoms with E-state index in [-0.39, 0.29) is 16.0 Å². The molecule has 1 N–H and O–H groups in total. The van der Waals surface area contributed by atoms with E-state index in [1.54, 1.807) is 4.57 Å². The van der Waals surface area contributed by atoms with Gasteiger partial charge in [0.1, 0.15) is 5.82 Å². The first-order valence-corrected chi connectivity index (χ1v) is 10.7. The van der Waals surface area contributed by atoms with Crippen LogP contribution in [0.5, 0.6) is 0 Å². The second kappa shape index (κ2) is 10.0. The topological polar surface area (TPSA) is 103 Å². The third-order valence-electron chi connectivity index (χ3n) is 4.63. The average molecular weight is 479 g/mol. The lowest BCUT2D eigenvalue weighted by Crippen LogP contribution is -2.21. The van der Waals surface area contributed by atoms with E-state index in [2.05, 4.69) is 15.5 Å². The van der Waals surface area contributed by atoms with Crippen molar-refractivity contribution in [1.82, 2.24) is 20.1 Å². The third kappa shape index (κ3) is 6.09. The number of amides is 1. The molecule has 0 bridgehead atoms. The molecule has 1 amide bonds. The molecule has 174 valence electrons. The van der Waals surface area contributed by atoms with E-state index in [0.717, 1.165) is 29.5 Å². The molecule has 0 spiro atoms. The van der Waals surface area contributed by atoms with E-state index >= 15 is 0 Å². The maximum atomic E-state index is 13.0. The van der Waals surface area contributed by atoms with Crippen molar-refractivity contribution < 1.29 is 22.9 Å². The SMILES string of the molecule is CC(=O)NCCCc1nnc(Sc2ccc(C(F)(F)F)cc2[N+](=O)[O-])n1-c1ccc(C)cc1. The van der Waals surface area contributed by atoms with Crippen LogP contribution < -0.4 is 5.32 Å². The van der Waals surface area contributed by atoms with Gasteiger partial charge in [-0.3, -0.25) is 19.5 Å². The van der Waals surface area contributed by atoms with Crippen LogP contribution in [-0.4, -0.2) is 32.1 Å². The lowest BCUT2D eigenvalue weighted by atomic mass is 10.2. The molecule has 3 rings (SSSR count). The van der Waals surface area contributed by atoms with Gasteiger partial charge in [-0.25, -0.2) is 0 Å². The molecule has 2 aromatic carbocycles. The van der Waals surface area contributed by atoms with Crippen molar-refractivity contribution in [2.75, 3.05) is 6.54 Å². The molecule has 0 saturated carbocycles. The number of nitrogens with zero attached hydrogens (tertiary/aromatic N) is 4. The fraction of sp³-hybridized carbons (Fsp3) is 0.286. The Morgan fingerprint density at radius 3 is 2.48 bits per heavy atom. The summed E-state index contributed by atoms with van der Waals surface area (Å²) in [5.41, 5.74) is -0.0403. The van der Waals surface area contributed by atoms with Crippen molar-refractivity contribution >= 4 is 23.4 Å². The standard InChI is InChI=1S/C21H20F3N5O3S/c1-13-5-8-16(9-6-13)28-19(4-3-11-25-14(2)30)26-27-20(28)33-18-10-7-15(21(22,23)24)12-17(18)29(31)32/h5-10,12H,3-4,11H2,1-2H3,(H,25,30). The first-order valence-electron chi connectivity index (χ1n) is 9.85. The number of alkyl halides is 3. The molecular weight excluding hydrogens is 459 g/mol. The Morgan fingerprint density at radius 2 is 1.88 bits per heavy atom. The number of aryl methyl sites for hydroxylation is 2. The van der Waals surface area contributed by atoms with E-state index in [4.69, 9.17) is 0 Å². The van der Waals surface area contributed by atoms with E-state index in [1.165, 1.54) is 6.92 Å². The second-order valence-corrected chi connectivity index (χ2v) is 8.20. The highest BCUT2D eigenvalue weighted by Gasteiger charge is 2.33. The Balaban J connectivity index is 1.98. The predicted molar refractivity (Wildman–Crippen MR) is 115 cm³/mol. The number of aromatic nitrogens is 3. The highest BCUT2D eigenvalue weighted by atomic mass is 32.2. The van der Waals surface area contributed by atoms with E-state index < -0.39 is 22.4 Å². The lowest BCUT2D eigenvalue weighted by molar-refractivity contribution is -0.388. The zero-order valence-corrected chi connectivity index (χ0v) is 18.5. The molecule has 0 fully saturated rings. The zero-order valence-electron chi connectivity index (χ0n) is 17.7. The number of carbonyl (C=O) groups is 1. The number of hydrogen-bond acceptors (Lipinski definition) is 6. The van der Waals surface area contributed by atoms with Gasteiger partial charge in [0.2, 0.25) is 11.1 Å². The molecule has 0 aliphatic heterocycles. The van der Waals surface area contributed by atoms with Gasteiger partial charge < -0.3 is 5.32 Å². The minimum absolute atomic E-state index is 0.0126. The van der Waals surface area contributed by atoms with Crippen molar-refractivity contribution in [3.05, 3.63) is 69.5 Å².